The molecule has 1 aliphatic heterocycles. The molecular weight excluding hydrogens is 334 g/mol. The Bertz CT molecular complexity index is 972. The van der Waals surface area contributed by atoms with E-state index in [0.29, 0.717) is 12.0 Å². The fourth-order valence-electron chi connectivity index (χ4n) is 4.71. The minimum Gasteiger partial charge on any atom is -0.370 e. The molecule has 1 aliphatic carbocycles. The summed E-state index contributed by atoms with van der Waals surface area (Å²) in [6.07, 6.45) is 7.89. The first kappa shape index (κ1) is 16.7. The molecule has 27 heavy (non-hydrogen) atoms. The van der Waals surface area contributed by atoms with E-state index in [1.807, 2.05) is 6.33 Å². The van der Waals surface area contributed by atoms with E-state index < -0.39 is 0 Å². The second-order valence-electron chi connectivity index (χ2n) is 8.01. The van der Waals surface area contributed by atoms with Gasteiger partial charge in [-0.15, -0.1) is 10.2 Å². The number of fused-ring (bicyclic) bond motifs is 1. The molecule has 3 heterocycles. The molecule has 1 atom stereocenters. The lowest BCUT2D eigenvalue weighted by Crippen LogP contribution is -2.36. The highest BCUT2D eigenvalue weighted by Gasteiger charge is 2.32. The Kier molecular flexibility index (Phi) is 4.10. The van der Waals surface area contributed by atoms with Gasteiger partial charge in [-0.1, -0.05) is 25.1 Å². The first-order valence-corrected chi connectivity index (χ1v) is 10.3. The molecule has 2 fully saturated rings. The van der Waals surface area contributed by atoms with E-state index >= 15 is 0 Å². The van der Waals surface area contributed by atoms with Crippen molar-refractivity contribution < 1.29 is 0 Å². The Morgan fingerprint density at radius 1 is 1.15 bits per heavy atom. The van der Waals surface area contributed by atoms with E-state index in [-0.39, 0.29) is 0 Å². The molecule has 3 aromatic rings. The van der Waals surface area contributed by atoms with Crippen LogP contribution in [0, 0.1) is 6.92 Å². The molecule has 5 nitrogen and oxygen atoms in total. The van der Waals surface area contributed by atoms with E-state index in [1.165, 1.54) is 48.1 Å². The zero-order valence-electron chi connectivity index (χ0n) is 16.2. The van der Waals surface area contributed by atoms with E-state index in [4.69, 9.17) is 4.98 Å². The molecule has 1 aromatic carbocycles. The fraction of sp³-hybridized carbons (Fsp3) is 0.500. The summed E-state index contributed by atoms with van der Waals surface area (Å²) >= 11 is 0. The molecular formula is C22H27N5. The van der Waals surface area contributed by atoms with Crippen LogP contribution in [0.25, 0.3) is 10.9 Å². The van der Waals surface area contributed by atoms with Crippen molar-refractivity contribution in [2.24, 2.45) is 0 Å². The first-order valence-electron chi connectivity index (χ1n) is 10.3. The number of nitrogens with zero attached hydrogens (tertiary/aromatic N) is 5. The van der Waals surface area contributed by atoms with Crippen molar-refractivity contribution in [2.45, 2.75) is 57.9 Å². The van der Waals surface area contributed by atoms with Gasteiger partial charge >= 0.3 is 0 Å². The molecule has 140 valence electrons. The molecule has 1 saturated heterocycles. The highest BCUT2D eigenvalue weighted by molar-refractivity contribution is 5.94. The minimum atomic E-state index is 0.457. The Morgan fingerprint density at radius 3 is 2.81 bits per heavy atom. The lowest BCUT2D eigenvalue weighted by Gasteiger charge is -2.36. The van der Waals surface area contributed by atoms with Crippen LogP contribution >= 0.6 is 0 Å². The average Bonchev–Trinajstić information content (AvgIpc) is 3.43. The van der Waals surface area contributed by atoms with Crippen molar-refractivity contribution in [3.8, 4) is 0 Å². The second-order valence-corrected chi connectivity index (χ2v) is 8.01. The summed E-state index contributed by atoms with van der Waals surface area (Å²) in [6.45, 7) is 6.52. The molecule has 0 bridgehead atoms. The molecule has 0 radical (unpaired) electrons. The average molecular weight is 361 g/mol. The van der Waals surface area contributed by atoms with Crippen LogP contribution < -0.4 is 4.90 Å². The van der Waals surface area contributed by atoms with Crippen LogP contribution in [-0.2, 0) is 6.42 Å². The van der Waals surface area contributed by atoms with Gasteiger partial charge in [0.15, 0.2) is 0 Å². The number of rotatable bonds is 4. The van der Waals surface area contributed by atoms with Gasteiger partial charge in [-0.05, 0) is 50.7 Å². The number of pyridine rings is 1. The van der Waals surface area contributed by atoms with Crippen molar-refractivity contribution in [1.29, 1.82) is 0 Å². The van der Waals surface area contributed by atoms with Crippen LogP contribution in [0.5, 0.6) is 0 Å². The third-order valence-corrected chi connectivity index (χ3v) is 6.17. The van der Waals surface area contributed by atoms with Crippen molar-refractivity contribution in [1.82, 2.24) is 19.7 Å². The van der Waals surface area contributed by atoms with Gasteiger partial charge in [-0.3, -0.25) is 4.98 Å². The number of para-hydroxylation sites is 1. The van der Waals surface area contributed by atoms with Gasteiger partial charge in [-0.25, -0.2) is 0 Å². The van der Waals surface area contributed by atoms with Gasteiger partial charge in [0.2, 0.25) is 0 Å². The molecule has 5 rings (SSSR count). The monoisotopic (exact) mass is 361 g/mol. The highest BCUT2D eigenvalue weighted by atomic mass is 15.3. The number of piperidine rings is 1. The van der Waals surface area contributed by atoms with Crippen molar-refractivity contribution in [2.75, 3.05) is 18.0 Å². The van der Waals surface area contributed by atoms with E-state index in [0.717, 1.165) is 30.7 Å². The molecule has 2 aromatic heterocycles. The van der Waals surface area contributed by atoms with Gasteiger partial charge < -0.3 is 9.47 Å². The first-order chi connectivity index (χ1) is 13.3. The summed E-state index contributed by atoms with van der Waals surface area (Å²) in [5, 5.41) is 10.0. The van der Waals surface area contributed by atoms with Gasteiger partial charge in [0.05, 0.1) is 11.2 Å². The zero-order valence-corrected chi connectivity index (χ0v) is 16.2. The van der Waals surface area contributed by atoms with Crippen molar-refractivity contribution >= 4 is 16.6 Å². The summed E-state index contributed by atoms with van der Waals surface area (Å²) in [5.41, 5.74) is 5.04. The quantitative estimate of drug-likeness (QED) is 0.690. The molecule has 2 aliphatic rings. The standard InChI is InChI=1S/C22H27N5/c1-3-18-15(2)24-20-9-5-4-8-19(20)21(18)26-12-6-7-16(13-26)22-25-23-14-27(22)17-10-11-17/h4-5,8-9,14,16-17H,3,6-7,10-13H2,1-2H3. The van der Waals surface area contributed by atoms with Crippen LogP contribution in [0.3, 0.4) is 0 Å². The number of benzene rings is 1. The summed E-state index contributed by atoms with van der Waals surface area (Å²) in [4.78, 5) is 7.46. The molecule has 1 unspecified atom stereocenters. The number of hydrogen-bond acceptors (Lipinski definition) is 4. The molecule has 5 heteroatoms. The number of aryl methyl sites for hydroxylation is 1. The van der Waals surface area contributed by atoms with Crippen molar-refractivity contribution in [3.05, 3.63) is 47.7 Å². The Hall–Kier alpha value is -2.43. The van der Waals surface area contributed by atoms with Gasteiger partial charge in [0.1, 0.15) is 12.2 Å². The number of hydrogen-bond donors (Lipinski definition) is 0. The Balaban J connectivity index is 1.55. The van der Waals surface area contributed by atoms with Crippen LogP contribution in [0.4, 0.5) is 5.69 Å². The Morgan fingerprint density at radius 2 is 2.00 bits per heavy atom. The molecule has 0 spiro atoms. The predicted octanol–water partition coefficient (Wildman–Crippen LogP) is 4.42. The summed E-state index contributed by atoms with van der Waals surface area (Å²) in [7, 11) is 0. The van der Waals surface area contributed by atoms with Gasteiger partial charge in [-0.2, -0.15) is 0 Å². The topological polar surface area (TPSA) is 46.8 Å². The maximum atomic E-state index is 4.86. The maximum absolute atomic E-state index is 4.86. The summed E-state index contributed by atoms with van der Waals surface area (Å²) in [6, 6.07) is 9.22. The van der Waals surface area contributed by atoms with Crippen LogP contribution in [-0.4, -0.2) is 32.8 Å². The molecule has 1 saturated carbocycles. The van der Waals surface area contributed by atoms with Gasteiger partial charge in [0, 0.05) is 36.1 Å². The third-order valence-electron chi connectivity index (χ3n) is 6.17. The zero-order chi connectivity index (χ0) is 18.4. The largest absolute Gasteiger partial charge is 0.370 e. The third kappa shape index (κ3) is 2.89. The Labute approximate surface area is 160 Å². The van der Waals surface area contributed by atoms with Gasteiger partial charge in [0.25, 0.3) is 0 Å². The summed E-state index contributed by atoms with van der Waals surface area (Å²) < 4.78 is 2.34. The molecule has 0 amide bonds. The SMILES string of the molecule is CCc1c(C)nc2ccccc2c1N1CCCC(c2nncn2C2CC2)C1. The minimum absolute atomic E-state index is 0.457. The lowest BCUT2D eigenvalue weighted by molar-refractivity contribution is 0.471. The highest BCUT2D eigenvalue weighted by Crippen LogP contribution is 2.40. The summed E-state index contributed by atoms with van der Waals surface area (Å²) in [5.74, 6) is 1.65. The number of aromatic nitrogens is 4. The van der Waals surface area contributed by atoms with E-state index in [2.05, 4.69) is 57.8 Å². The van der Waals surface area contributed by atoms with Crippen LogP contribution in [0.1, 0.15) is 61.6 Å². The smallest absolute Gasteiger partial charge is 0.137 e. The van der Waals surface area contributed by atoms with Crippen LogP contribution in [0.2, 0.25) is 0 Å². The normalized spacial score (nSPS) is 20.4. The van der Waals surface area contributed by atoms with E-state index in [1.54, 1.807) is 0 Å². The fourth-order valence-corrected chi connectivity index (χ4v) is 4.71. The number of anilines is 1. The second kappa shape index (κ2) is 6.63. The van der Waals surface area contributed by atoms with Crippen molar-refractivity contribution in [3.63, 3.8) is 0 Å². The lowest BCUT2D eigenvalue weighted by atomic mass is 9.94. The maximum Gasteiger partial charge on any atom is 0.137 e. The van der Waals surface area contributed by atoms with E-state index in [9.17, 15) is 0 Å². The predicted molar refractivity (Wildman–Crippen MR) is 108 cm³/mol. The van der Waals surface area contributed by atoms with Crippen LogP contribution in [0.15, 0.2) is 30.6 Å². The molecule has 0 N–H and O–H groups in total.